The van der Waals surface area contributed by atoms with Crippen LogP contribution in [0.15, 0.2) is 65.5 Å². The van der Waals surface area contributed by atoms with Gasteiger partial charge < -0.3 is 19.5 Å². The molecule has 0 radical (unpaired) electrons. The van der Waals surface area contributed by atoms with Crippen LogP contribution < -0.4 is 5.32 Å². The van der Waals surface area contributed by atoms with Crippen LogP contribution in [0.5, 0.6) is 0 Å². The van der Waals surface area contributed by atoms with E-state index < -0.39 is 23.1 Å². The van der Waals surface area contributed by atoms with Crippen molar-refractivity contribution in [3.05, 3.63) is 77.9 Å². The maximum Gasteiger partial charge on any atom is 0.430 e. The predicted octanol–water partition coefficient (Wildman–Crippen LogP) is 4.80. The van der Waals surface area contributed by atoms with E-state index in [1.807, 2.05) is 0 Å². The van der Waals surface area contributed by atoms with Gasteiger partial charge in [-0.1, -0.05) is 35.5 Å². The Morgan fingerprint density at radius 2 is 1.85 bits per heavy atom. The Kier molecular flexibility index (Phi) is 6.96. The zero-order valence-corrected chi connectivity index (χ0v) is 21.1. The predicted molar refractivity (Wildman–Crippen MR) is 132 cm³/mol. The van der Waals surface area contributed by atoms with Gasteiger partial charge in [0.25, 0.3) is 11.5 Å². The number of carbonyl (C=O) groups excluding carboxylic acids is 2. The normalized spacial score (nSPS) is 20.9. The third-order valence-electron chi connectivity index (χ3n) is 8.12. The Hall–Kier alpha value is -3.73. The first-order valence-corrected chi connectivity index (χ1v) is 12.5. The van der Waals surface area contributed by atoms with Gasteiger partial charge in [-0.05, 0) is 47.6 Å². The summed E-state index contributed by atoms with van der Waals surface area (Å²) in [6, 6.07) is 11.5. The number of aromatic nitrogens is 1. The number of hydrogen-bond acceptors (Lipinski definition) is 5. The van der Waals surface area contributed by atoms with E-state index in [2.05, 4.69) is 10.5 Å². The Bertz CT molecular complexity index is 1340. The number of ether oxygens (including phenoxy) is 1. The van der Waals surface area contributed by atoms with Crippen LogP contribution >= 0.6 is 0 Å². The summed E-state index contributed by atoms with van der Waals surface area (Å²) in [5.41, 5.74) is -2.48. The molecule has 0 aliphatic carbocycles. The van der Waals surface area contributed by atoms with Crippen LogP contribution in [0.4, 0.5) is 17.6 Å². The third kappa shape index (κ3) is 4.69. The Labute approximate surface area is 222 Å². The van der Waals surface area contributed by atoms with Gasteiger partial charge in [0, 0.05) is 50.2 Å². The van der Waals surface area contributed by atoms with Gasteiger partial charge in [-0.15, -0.1) is 0 Å². The van der Waals surface area contributed by atoms with Gasteiger partial charge in [0.15, 0.2) is 0 Å². The summed E-state index contributed by atoms with van der Waals surface area (Å²) in [6.45, 7) is 0.352. The minimum Gasteiger partial charge on any atom is -0.364 e. The number of carbonyl (C=O) groups is 2. The standard InChI is InChI=1S/C28H27F4N3O4/c1-38-27(28(30,31)32,21-4-2-3-19(13-21)20-15-34-39-17-20)25(37)35-11-9-26(10-12-35)14-24(36)33-16-23(26)18-5-7-22(29)8-6-18/h2-8,13,15,17,23H,9-12,14,16H2,1H3,(H,33,36)/t23-,27-/m0/s1. The van der Waals surface area contributed by atoms with E-state index in [-0.39, 0.29) is 42.7 Å². The Morgan fingerprint density at radius 3 is 2.46 bits per heavy atom. The highest BCUT2D eigenvalue weighted by molar-refractivity contribution is 5.88. The molecule has 0 bridgehead atoms. The van der Waals surface area contributed by atoms with E-state index in [4.69, 9.17) is 9.26 Å². The van der Waals surface area contributed by atoms with E-state index in [1.165, 1.54) is 47.7 Å². The van der Waals surface area contributed by atoms with Gasteiger partial charge in [-0.2, -0.15) is 13.2 Å². The van der Waals surface area contributed by atoms with Crippen LogP contribution in [0.1, 0.15) is 36.3 Å². The number of rotatable bonds is 5. The molecule has 3 aromatic rings. The summed E-state index contributed by atoms with van der Waals surface area (Å²) in [5.74, 6) is -1.92. The van der Waals surface area contributed by atoms with E-state index in [1.54, 1.807) is 18.2 Å². The lowest BCUT2D eigenvalue weighted by molar-refractivity contribution is -0.271. The Balaban J connectivity index is 1.45. The minimum absolute atomic E-state index is 0.0103. The highest BCUT2D eigenvalue weighted by Crippen LogP contribution is 2.50. The van der Waals surface area contributed by atoms with Gasteiger partial charge in [-0.3, -0.25) is 9.59 Å². The minimum atomic E-state index is -5.07. The summed E-state index contributed by atoms with van der Waals surface area (Å²) in [5, 5.41) is 6.45. The maximum atomic E-state index is 14.8. The summed E-state index contributed by atoms with van der Waals surface area (Å²) in [6.07, 6.45) is -1.61. The lowest BCUT2D eigenvalue weighted by Gasteiger charge is -2.50. The Morgan fingerprint density at radius 1 is 1.13 bits per heavy atom. The second-order valence-corrected chi connectivity index (χ2v) is 10.1. The molecule has 2 saturated heterocycles. The van der Waals surface area contributed by atoms with Gasteiger partial charge in [0.05, 0.1) is 6.20 Å². The zero-order chi connectivity index (χ0) is 27.8. The van der Waals surface area contributed by atoms with E-state index in [9.17, 15) is 27.2 Å². The van der Waals surface area contributed by atoms with E-state index >= 15 is 0 Å². The number of likely N-dealkylation sites (tertiary alicyclic amines) is 1. The summed E-state index contributed by atoms with van der Waals surface area (Å²) in [4.78, 5) is 27.3. The molecule has 1 aromatic heterocycles. The van der Waals surface area contributed by atoms with E-state index in [0.29, 0.717) is 30.5 Å². The van der Waals surface area contributed by atoms with Crippen LogP contribution in [0.2, 0.25) is 0 Å². The molecule has 2 fully saturated rings. The fourth-order valence-electron chi connectivity index (χ4n) is 6.00. The van der Waals surface area contributed by atoms with Crippen molar-refractivity contribution in [2.75, 3.05) is 26.7 Å². The number of nitrogens with one attached hydrogen (secondary N) is 1. The van der Waals surface area contributed by atoms with Crippen molar-refractivity contribution in [1.82, 2.24) is 15.4 Å². The van der Waals surface area contributed by atoms with Gasteiger partial charge in [0.2, 0.25) is 5.91 Å². The molecule has 2 atom stereocenters. The summed E-state index contributed by atoms with van der Waals surface area (Å²) in [7, 11) is 0.874. The molecule has 2 amide bonds. The smallest absolute Gasteiger partial charge is 0.364 e. The molecule has 206 valence electrons. The molecular weight excluding hydrogens is 518 g/mol. The summed E-state index contributed by atoms with van der Waals surface area (Å²) < 4.78 is 67.7. The fourth-order valence-corrected chi connectivity index (χ4v) is 6.00. The van der Waals surface area contributed by atoms with Gasteiger partial charge in [0.1, 0.15) is 12.1 Å². The molecule has 7 nitrogen and oxygen atoms in total. The molecular formula is C28H27F4N3O4. The average Bonchev–Trinajstić information content (AvgIpc) is 3.45. The van der Waals surface area contributed by atoms with Crippen molar-refractivity contribution in [3.63, 3.8) is 0 Å². The second-order valence-electron chi connectivity index (χ2n) is 10.1. The topological polar surface area (TPSA) is 84.7 Å². The molecule has 1 spiro atoms. The van der Waals surface area contributed by atoms with Crippen molar-refractivity contribution in [3.8, 4) is 11.1 Å². The molecule has 39 heavy (non-hydrogen) atoms. The highest BCUT2D eigenvalue weighted by atomic mass is 19.4. The zero-order valence-electron chi connectivity index (χ0n) is 21.1. The molecule has 0 unspecified atom stereocenters. The largest absolute Gasteiger partial charge is 0.430 e. The molecule has 3 heterocycles. The van der Waals surface area contributed by atoms with Crippen molar-refractivity contribution in [2.24, 2.45) is 5.41 Å². The first kappa shape index (κ1) is 26.9. The van der Waals surface area contributed by atoms with E-state index in [0.717, 1.165) is 12.7 Å². The van der Waals surface area contributed by atoms with Gasteiger partial charge in [-0.25, -0.2) is 4.39 Å². The van der Waals surface area contributed by atoms with Crippen LogP contribution in [-0.4, -0.2) is 54.8 Å². The number of hydrogen-bond donors (Lipinski definition) is 1. The average molecular weight is 546 g/mol. The van der Waals surface area contributed by atoms with Crippen molar-refractivity contribution in [1.29, 1.82) is 0 Å². The fraction of sp³-hybridized carbons (Fsp3) is 0.393. The SMILES string of the molecule is CO[C@](C(=O)N1CCC2(CC1)CC(=O)NC[C@H]2c1ccc(F)cc1)(c1cccc(-c2cnoc2)c1)C(F)(F)F. The van der Waals surface area contributed by atoms with Crippen molar-refractivity contribution >= 4 is 11.8 Å². The number of nitrogens with zero attached hydrogens (tertiary/aromatic N) is 2. The number of alkyl halides is 3. The third-order valence-corrected chi connectivity index (χ3v) is 8.12. The maximum absolute atomic E-state index is 14.8. The number of amides is 2. The lowest BCUT2D eigenvalue weighted by Crippen LogP contribution is -2.60. The molecule has 2 aliphatic heterocycles. The molecule has 2 aliphatic rings. The highest BCUT2D eigenvalue weighted by Gasteiger charge is 2.64. The first-order valence-electron chi connectivity index (χ1n) is 12.5. The number of methoxy groups -OCH3 is 1. The molecule has 5 rings (SSSR count). The molecule has 1 N–H and O–H groups in total. The van der Waals surface area contributed by atoms with Crippen LogP contribution in [0.25, 0.3) is 11.1 Å². The lowest BCUT2D eigenvalue weighted by atomic mass is 9.62. The second kappa shape index (κ2) is 10.1. The first-order chi connectivity index (χ1) is 18.6. The number of piperidine rings is 2. The van der Waals surface area contributed by atoms with Crippen LogP contribution in [0, 0.1) is 11.2 Å². The molecule has 11 heteroatoms. The van der Waals surface area contributed by atoms with Crippen molar-refractivity contribution in [2.45, 2.75) is 37.0 Å². The van der Waals surface area contributed by atoms with Gasteiger partial charge >= 0.3 is 6.18 Å². The summed E-state index contributed by atoms with van der Waals surface area (Å²) >= 11 is 0. The van der Waals surface area contributed by atoms with Crippen molar-refractivity contribution < 1.29 is 36.4 Å². The molecule has 0 saturated carbocycles. The van der Waals surface area contributed by atoms with Crippen LogP contribution in [0.3, 0.4) is 0 Å². The van der Waals surface area contributed by atoms with Crippen LogP contribution in [-0.2, 0) is 19.9 Å². The monoisotopic (exact) mass is 545 g/mol. The quantitative estimate of drug-likeness (QED) is 0.466. The number of halogens is 4. The number of benzene rings is 2. The molecule has 2 aromatic carbocycles.